The Kier molecular flexibility index (Phi) is 12.4. The van der Waals surface area contributed by atoms with Crippen molar-refractivity contribution in [2.45, 2.75) is 55.9 Å². The molecule has 2 amide bonds. The first-order valence-corrected chi connectivity index (χ1v) is 16.9. The van der Waals surface area contributed by atoms with E-state index in [0.29, 0.717) is 12.2 Å². The molecule has 1 saturated heterocycles. The number of benzene rings is 4. The maximum atomic E-state index is 12.7. The Morgan fingerprint density at radius 3 is 2.12 bits per heavy atom. The molecular weight excluding hydrogens is 644 g/mol. The van der Waals surface area contributed by atoms with Crippen molar-refractivity contribution in [3.63, 3.8) is 0 Å². The first-order chi connectivity index (χ1) is 23.7. The van der Waals surface area contributed by atoms with Gasteiger partial charge < -0.3 is 35.1 Å². The van der Waals surface area contributed by atoms with Crippen LogP contribution < -0.4 is 10.6 Å². The van der Waals surface area contributed by atoms with Crippen molar-refractivity contribution in [3.05, 3.63) is 137 Å². The van der Waals surface area contributed by atoms with Crippen LogP contribution in [0.4, 0.5) is 4.79 Å². The molecule has 0 saturated carbocycles. The number of carboxylic acid groups (broad SMARTS) is 1. The molecule has 0 aliphatic carbocycles. The van der Waals surface area contributed by atoms with Crippen molar-refractivity contribution in [3.8, 4) is 0 Å². The molecule has 11 heteroatoms. The highest BCUT2D eigenvalue weighted by atomic mass is 32.2. The SMILES string of the molecule is COC(=O)C(Cc1ccccc1)NC(=O)NCc1ccc(C2OC(CSc3ccc(C(=O)O)cc3)C(C)C(c3ccc(CO)cc3)O2)cc1. The number of nitrogens with one attached hydrogen (secondary N) is 2. The fourth-order valence-corrected chi connectivity index (χ4v) is 6.62. The Hall–Kier alpha value is -4.68. The normalized spacial score (nSPS) is 19.4. The van der Waals surface area contributed by atoms with E-state index in [0.717, 1.165) is 32.7 Å². The lowest BCUT2D eigenvalue weighted by atomic mass is 9.91. The van der Waals surface area contributed by atoms with Crippen molar-refractivity contribution >= 4 is 29.7 Å². The van der Waals surface area contributed by atoms with Gasteiger partial charge in [-0.05, 0) is 46.5 Å². The van der Waals surface area contributed by atoms with Crippen LogP contribution in [0.15, 0.2) is 108 Å². The molecule has 256 valence electrons. The fraction of sp³-hybridized carbons (Fsp3) is 0.289. The zero-order chi connectivity index (χ0) is 34.8. The van der Waals surface area contributed by atoms with E-state index in [4.69, 9.17) is 14.2 Å². The van der Waals surface area contributed by atoms with Gasteiger partial charge in [-0.2, -0.15) is 0 Å². The van der Waals surface area contributed by atoms with Gasteiger partial charge in [-0.3, -0.25) is 0 Å². The minimum atomic E-state index is -0.966. The highest BCUT2D eigenvalue weighted by molar-refractivity contribution is 7.99. The highest BCUT2D eigenvalue weighted by Gasteiger charge is 2.38. The van der Waals surface area contributed by atoms with Gasteiger partial charge in [0, 0.05) is 35.1 Å². The molecule has 1 fully saturated rings. The molecule has 0 spiro atoms. The van der Waals surface area contributed by atoms with E-state index in [1.54, 1.807) is 36.0 Å². The average molecular weight is 685 g/mol. The number of aliphatic hydroxyl groups is 1. The number of rotatable bonds is 13. The number of methoxy groups -OCH3 is 1. The van der Waals surface area contributed by atoms with Gasteiger partial charge in [-0.25, -0.2) is 14.4 Å². The molecule has 0 bridgehead atoms. The predicted octanol–water partition coefficient (Wildman–Crippen LogP) is 6.04. The number of urea groups is 1. The first-order valence-electron chi connectivity index (χ1n) is 16.0. The molecule has 5 rings (SSSR count). The van der Waals surface area contributed by atoms with Crippen LogP contribution in [0.2, 0.25) is 0 Å². The van der Waals surface area contributed by atoms with E-state index in [9.17, 15) is 24.6 Å². The van der Waals surface area contributed by atoms with E-state index >= 15 is 0 Å². The quantitative estimate of drug-likeness (QED) is 0.0979. The van der Waals surface area contributed by atoms with Crippen LogP contribution in [-0.4, -0.2) is 53.2 Å². The summed E-state index contributed by atoms with van der Waals surface area (Å²) in [5.74, 6) is -0.889. The van der Waals surface area contributed by atoms with Gasteiger partial charge in [0.2, 0.25) is 0 Å². The predicted molar refractivity (Wildman–Crippen MR) is 185 cm³/mol. The number of hydrogen-bond acceptors (Lipinski definition) is 8. The Morgan fingerprint density at radius 1 is 0.837 bits per heavy atom. The lowest BCUT2D eigenvalue weighted by Gasteiger charge is -2.41. The number of esters is 1. The van der Waals surface area contributed by atoms with Gasteiger partial charge in [0.1, 0.15) is 6.04 Å². The lowest BCUT2D eigenvalue weighted by molar-refractivity contribution is -0.268. The molecule has 49 heavy (non-hydrogen) atoms. The number of thioether (sulfide) groups is 1. The van der Waals surface area contributed by atoms with Gasteiger partial charge in [0.05, 0.1) is 31.5 Å². The van der Waals surface area contributed by atoms with Crippen molar-refractivity contribution in [1.29, 1.82) is 0 Å². The minimum Gasteiger partial charge on any atom is -0.478 e. The third-order valence-corrected chi connectivity index (χ3v) is 9.52. The number of carboxylic acids is 1. The van der Waals surface area contributed by atoms with Gasteiger partial charge in [-0.1, -0.05) is 85.8 Å². The molecule has 0 aromatic heterocycles. The van der Waals surface area contributed by atoms with E-state index in [2.05, 4.69) is 17.6 Å². The summed E-state index contributed by atoms with van der Waals surface area (Å²) in [4.78, 5) is 37.3. The number of carbonyl (C=O) groups excluding carboxylic acids is 2. The van der Waals surface area contributed by atoms with Crippen molar-refractivity contribution in [2.75, 3.05) is 12.9 Å². The molecule has 1 aliphatic rings. The van der Waals surface area contributed by atoms with Gasteiger partial charge in [0.25, 0.3) is 0 Å². The molecular formula is C38H40N2O8S. The van der Waals surface area contributed by atoms with Gasteiger partial charge in [0.15, 0.2) is 6.29 Å². The summed E-state index contributed by atoms with van der Waals surface area (Å²) in [6.45, 7) is 2.27. The summed E-state index contributed by atoms with van der Waals surface area (Å²) >= 11 is 1.59. The second-order valence-corrected chi connectivity index (χ2v) is 12.9. The summed E-state index contributed by atoms with van der Waals surface area (Å²) in [5, 5.41) is 24.3. The summed E-state index contributed by atoms with van der Waals surface area (Å²) in [7, 11) is 1.29. The summed E-state index contributed by atoms with van der Waals surface area (Å²) < 4.78 is 18.0. The van der Waals surface area contributed by atoms with E-state index in [1.165, 1.54) is 7.11 Å². The summed E-state index contributed by atoms with van der Waals surface area (Å²) in [6.07, 6.45) is -0.842. The smallest absolute Gasteiger partial charge is 0.335 e. The van der Waals surface area contributed by atoms with Crippen LogP contribution in [0.3, 0.4) is 0 Å². The Labute approximate surface area is 289 Å². The molecule has 4 N–H and O–H groups in total. The van der Waals surface area contributed by atoms with Gasteiger partial charge >= 0.3 is 18.0 Å². The maximum absolute atomic E-state index is 12.7. The molecule has 1 aliphatic heterocycles. The second-order valence-electron chi connectivity index (χ2n) is 11.8. The molecule has 10 nitrogen and oxygen atoms in total. The largest absolute Gasteiger partial charge is 0.478 e. The molecule has 1 heterocycles. The molecule has 0 radical (unpaired) electrons. The number of ether oxygens (including phenoxy) is 3. The Morgan fingerprint density at radius 2 is 1.49 bits per heavy atom. The van der Waals surface area contributed by atoms with Crippen LogP contribution in [0, 0.1) is 5.92 Å². The zero-order valence-electron chi connectivity index (χ0n) is 27.3. The third kappa shape index (κ3) is 9.70. The van der Waals surface area contributed by atoms with Crippen molar-refractivity contribution in [1.82, 2.24) is 10.6 Å². The van der Waals surface area contributed by atoms with Crippen LogP contribution in [0.25, 0.3) is 0 Å². The van der Waals surface area contributed by atoms with Gasteiger partial charge in [-0.15, -0.1) is 11.8 Å². The number of aromatic carboxylic acids is 1. The number of hydrogen-bond donors (Lipinski definition) is 4. The standard InChI is InChI=1S/C38H40N2O8S/c1-24-33(23-49-31-18-16-29(17-19-31)35(42)43)47-37(48-34(24)28-12-10-27(22-41)11-13-28)30-14-8-26(9-15-30)21-39-38(45)40-32(36(44)46-2)20-25-6-4-3-5-7-25/h3-19,24,32-34,37,41H,20-23H2,1-2H3,(H,42,43)(H2,39,40,45). The van der Waals surface area contributed by atoms with Crippen LogP contribution in [0.5, 0.6) is 0 Å². The van der Waals surface area contributed by atoms with E-state index in [-0.39, 0.29) is 36.8 Å². The third-order valence-electron chi connectivity index (χ3n) is 8.42. The van der Waals surface area contributed by atoms with Crippen molar-refractivity contribution < 1.29 is 38.8 Å². The lowest BCUT2D eigenvalue weighted by Crippen LogP contribution is -2.47. The Bertz CT molecular complexity index is 1680. The van der Waals surface area contributed by atoms with Crippen LogP contribution in [-0.2, 0) is 38.6 Å². The minimum absolute atomic E-state index is 0.0142. The van der Waals surface area contributed by atoms with Crippen LogP contribution in [0.1, 0.15) is 57.5 Å². The average Bonchev–Trinajstić information content (AvgIpc) is 3.14. The summed E-state index contributed by atoms with van der Waals surface area (Å²) in [5.41, 5.74) is 4.57. The second kappa shape index (κ2) is 17.1. The molecule has 5 atom stereocenters. The fourth-order valence-electron chi connectivity index (χ4n) is 5.55. The Balaban J connectivity index is 1.24. The number of aliphatic hydroxyl groups excluding tert-OH is 1. The van der Waals surface area contributed by atoms with Crippen LogP contribution >= 0.6 is 11.8 Å². The topological polar surface area (TPSA) is 143 Å². The maximum Gasteiger partial charge on any atom is 0.335 e. The number of carbonyl (C=O) groups is 3. The van der Waals surface area contributed by atoms with E-state index < -0.39 is 30.3 Å². The van der Waals surface area contributed by atoms with Crippen molar-refractivity contribution in [2.24, 2.45) is 5.92 Å². The molecule has 4 aromatic carbocycles. The number of amides is 2. The summed E-state index contributed by atoms with van der Waals surface area (Å²) in [6, 6.07) is 30.2. The van der Waals surface area contributed by atoms with E-state index in [1.807, 2.05) is 78.9 Å². The monoisotopic (exact) mass is 684 g/mol. The first kappa shape index (κ1) is 35.6. The molecule has 5 unspecified atom stereocenters. The molecule has 4 aromatic rings. The highest BCUT2D eigenvalue weighted by Crippen LogP contribution is 2.43. The zero-order valence-corrected chi connectivity index (χ0v) is 28.1.